The number of phenolic OH excluding ortho intramolecular Hbond substituents is 2. The zero-order valence-corrected chi connectivity index (χ0v) is 11.1. The molecule has 2 N–H and O–H groups in total. The van der Waals surface area contributed by atoms with Gasteiger partial charge in [0.15, 0.2) is 11.5 Å². The normalized spacial score (nSPS) is 10.7. The lowest BCUT2D eigenvalue weighted by Gasteiger charge is -2.08. The summed E-state index contributed by atoms with van der Waals surface area (Å²) in [7, 11) is 0. The number of fused-ring (bicyclic) bond motifs is 1. The number of rotatable bonds is 3. The molecule has 2 aromatic rings. The van der Waals surface area contributed by atoms with Crippen molar-refractivity contribution in [1.82, 2.24) is 0 Å². The highest BCUT2D eigenvalue weighted by atomic mass is 16.5. The molecule has 106 valence electrons. The second kappa shape index (κ2) is 5.24. The first kappa shape index (κ1) is 13.9. The molecule has 20 heavy (non-hydrogen) atoms. The molecule has 0 radical (unpaired) electrons. The van der Waals surface area contributed by atoms with E-state index in [9.17, 15) is 19.8 Å². The van der Waals surface area contributed by atoms with Crippen LogP contribution in [-0.4, -0.2) is 22.8 Å². The number of carbonyl (C=O) groups excluding carboxylic acids is 1. The molecule has 0 aliphatic carbocycles. The molecule has 0 fully saturated rings. The Morgan fingerprint density at radius 2 is 1.95 bits per heavy atom. The van der Waals surface area contributed by atoms with E-state index in [2.05, 4.69) is 0 Å². The van der Waals surface area contributed by atoms with Crippen LogP contribution in [0.5, 0.6) is 11.5 Å². The van der Waals surface area contributed by atoms with Gasteiger partial charge in [-0.15, -0.1) is 0 Å². The lowest BCUT2D eigenvalue weighted by molar-refractivity contribution is -0.140. The molecule has 0 saturated carbocycles. The Kier molecular flexibility index (Phi) is 3.65. The summed E-state index contributed by atoms with van der Waals surface area (Å²) in [4.78, 5) is 22.6. The number of esters is 1. The molecule has 0 aliphatic rings. The van der Waals surface area contributed by atoms with Crippen molar-refractivity contribution in [2.45, 2.75) is 20.3 Å². The molecule has 1 aromatic heterocycles. The van der Waals surface area contributed by atoms with Crippen LogP contribution in [0.1, 0.15) is 18.1 Å². The van der Waals surface area contributed by atoms with Crippen LogP contribution >= 0.6 is 0 Å². The van der Waals surface area contributed by atoms with E-state index in [1.54, 1.807) is 6.92 Å². The third-order valence-electron chi connectivity index (χ3n) is 3.04. The summed E-state index contributed by atoms with van der Waals surface area (Å²) < 4.78 is 9.90. The minimum atomic E-state index is -0.549. The Labute approximate surface area is 114 Å². The monoisotopic (exact) mass is 278 g/mol. The van der Waals surface area contributed by atoms with E-state index in [-0.39, 0.29) is 30.1 Å². The SMILES string of the molecule is CC(=O)OCCc1c(C)c2cc(O)c(O)cc2oc1=O. The van der Waals surface area contributed by atoms with E-state index in [0.29, 0.717) is 16.5 Å². The van der Waals surface area contributed by atoms with Crippen molar-refractivity contribution in [2.24, 2.45) is 0 Å². The number of hydrogen-bond acceptors (Lipinski definition) is 6. The molecule has 0 spiro atoms. The lowest BCUT2D eigenvalue weighted by atomic mass is 10.0. The van der Waals surface area contributed by atoms with Gasteiger partial charge in [-0.2, -0.15) is 0 Å². The van der Waals surface area contributed by atoms with E-state index in [1.165, 1.54) is 19.1 Å². The van der Waals surface area contributed by atoms with E-state index in [4.69, 9.17) is 9.15 Å². The summed E-state index contributed by atoms with van der Waals surface area (Å²) in [6.45, 7) is 3.08. The van der Waals surface area contributed by atoms with Gasteiger partial charge >= 0.3 is 11.6 Å². The average molecular weight is 278 g/mol. The summed E-state index contributed by atoms with van der Waals surface area (Å²) in [5.41, 5.74) is 0.647. The van der Waals surface area contributed by atoms with Crippen LogP contribution in [-0.2, 0) is 16.0 Å². The highest BCUT2D eigenvalue weighted by Gasteiger charge is 2.14. The van der Waals surface area contributed by atoms with Gasteiger partial charge in [0.05, 0.1) is 6.61 Å². The maximum Gasteiger partial charge on any atom is 0.339 e. The largest absolute Gasteiger partial charge is 0.504 e. The van der Waals surface area contributed by atoms with Crippen molar-refractivity contribution < 1.29 is 24.2 Å². The maximum absolute atomic E-state index is 11.9. The van der Waals surface area contributed by atoms with Crippen LogP contribution in [0, 0.1) is 6.92 Å². The van der Waals surface area contributed by atoms with E-state index >= 15 is 0 Å². The molecule has 0 atom stereocenters. The first-order chi connectivity index (χ1) is 9.40. The molecule has 0 saturated heterocycles. The van der Waals surface area contributed by atoms with Crippen molar-refractivity contribution in [3.05, 3.63) is 33.7 Å². The number of carbonyl (C=O) groups is 1. The molecular weight excluding hydrogens is 264 g/mol. The van der Waals surface area contributed by atoms with Gasteiger partial charge in [0.25, 0.3) is 0 Å². The lowest BCUT2D eigenvalue weighted by Crippen LogP contribution is -2.14. The molecule has 6 heteroatoms. The predicted octanol–water partition coefficient (Wildman–Crippen LogP) is 1.62. The number of aryl methyl sites for hydroxylation is 1. The molecular formula is C14H14O6. The zero-order chi connectivity index (χ0) is 14.9. The number of phenols is 2. The Bertz CT molecular complexity index is 729. The van der Waals surface area contributed by atoms with E-state index in [1.807, 2.05) is 0 Å². The topological polar surface area (TPSA) is 97.0 Å². The van der Waals surface area contributed by atoms with Gasteiger partial charge in [0.1, 0.15) is 5.58 Å². The van der Waals surface area contributed by atoms with Gasteiger partial charge in [0, 0.05) is 30.4 Å². The molecule has 0 amide bonds. The van der Waals surface area contributed by atoms with Crippen molar-refractivity contribution in [2.75, 3.05) is 6.61 Å². The van der Waals surface area contributed by atoms with Crippen LogP contribution in [0.2, 0.25) is 0 Å². The van der Waals surface area contributed by atoms with Crippen LogP contribution in [0.3, 0.4) is 0 Å². The summed E-state index contributed by atoms with van der Waals surface area (Å²) in [5.74, 6) is -1.07. The fourth-order valence-electron chi connectivity index (χ4n) is 2.00. The summed E-state index contributed by atoms with van der Waals surface area (Å²) in [6.07, 6.45) is 0.228. The Balaban J connectivity index is 2.48. The summed E-state index contributed by atoms with van der Waals surface area (Å²) >= 11 is 0. The molecule has 1 aromatic carbocycles. The highest BCUT2D eigenvalue weighted by Crippen LogP contribution is 2.31. The fraction of sp³-hybridized carbons (Fsp3) is 0.286. The molecule has 6 nitrogen and oxygen atoms in total. The Hall–Kier alpha value is -2.50. The number of ether oxygens (including phenoxy) is 1. The van der Waals surface area contributed by atoms with Crippen LogP contribution < -0.4 is 5.63 Å². The zero-order valence-electron chi connectivity index (χ0n) is 11.1. The first-order valence-corrected chi connectivity index (χ1v) is 6.01. The van der Waals surface area contributed by atoms with Crippen molar-refractivity contribution >= 4 is 16.9 Å². The quantitative estimate of drug-likeness (QED) is 0.503. The van der Waals surface area contributed by atoms with Gasteiger partial charge in [-0.25, -0.2) is 4.79 Å². The molecule has 0 aliphatic heterocycles. The van der Waals surface area contributed by atoms with E-state index < -0.39 is 11.6 Å². The van der Waals surface area contributed by atoms with E-state index in [0.717, 1.165) is 0 Å². The predicted molar refractivity (Wildman–Crippen MR) is 70.9 cm³/mol. The average Bonchev–Trinajstić information content (AvgIpc) is 2.36. The summed E-state index contributed by atoms with van der Waals surface area (Å²) in [6, 6.07) is 2.52. The second-order valence-corrected chi connectivity index (χ2v) is 4.42. The third-order valence-corrected chi connectivity index (χ3v) is 3.04. The first-order valence-electron chi connectivity index (χ1n) is 6.01. The molecule has 0 bridgehead atoms. The van der Waals surface area contributed by atoms with Crippen LogP contribution in [0.15, 0.2) is 21.3 Å². The third kappa shape index (κ3) is 2.59. The van der Waals surface area contributed by atoms with Gasteiger partial charge in [-0.3, -0.25) is 4.79 Å². The van der Waals surface area contributed by atoms with Crippen molar-refractivity contribution in [3.8, 4) is 11.5 Å². The number of benzene rings is 1. The summed E-state index contributed by atoms with van der Waals surface area (Å²) in [5, 5.41) is 19.4. The van der Waals surface area contributed by atoms with Gasteiger partial charge in [0.2, 0.25) is 0 Å². The molecule has 0 unspecified atom stereocenters. The minimum absolute atomic E-state index is 0.0799. The van der Waals surface area contributed by atoms with Crippen LogP contribution in [0.4, 0.5) is 0 Å². The number of hydrogen-bond donors (Lipinski definition) is 2. The Morgan fingerprint density at radius 3 is 2.60 bits per heavy atom. The van der Waals surface area contributed by atoms with Gasteiger partial charge in [-0.05, 0) is 18.6 Å². The minimum Gasteiger partial charge on any atom is -0.504 e. The highest BCUT2D eigenvalue weighted by molar-refractivity contribution is 5.84. The van der Waals surface area contributed by atoms with Gasteiger partial charge < -0.3 is 19.4 Å². The fourth-order valence-corrected chi connectivity index (χ4v) is 2.00. The number of aromatic hydroxyl groups is 2. The smallest absolute Gasteiger partial charge is 0.339 e. The van der Waals surface area contributed by atoms with Crippen molar-refractivity contribution in [3.63, 3.8) is 0 Å². The second-order valence-electron chi connectivity index (χ2n) is 4.42. The molecule has 2 rings (SSSR count). The van der Waals surface area contributed by atoms with Gasteiger partial charge in [-0.1, -0.05) is 0 Å². The van der Waals surface area contributed by atoms with Crippen LogP contribution in [0.25, 0.3) is 11.0 Å². The Morgan fingerprint density at radius 1 is 1.30 bits per heavy atom. The molecule has 1 heterocycles. The van der Waals surface area contributed by atoms with Crippen molar-refractivity contribution in [1.29, 1.82) is 0 Å². The standard InChI is InChI=1S/C14H14O6/c1-7-9(3-4-19-8(2)15)14(18)20-13-6-12(17)11(16)5-10(7)13/h5-6,16-17H,3-4H2,1-2H3. The maximum atomic E-state index is 11.9.